The van der Waals surface area contributed by atoms with E-state index in [-0.39, 0.29) is 0 Å². The Hall–Kier alpha value is -1.46. The van der Waals surface area contributed by atoms with Gasteiger partial charge in [-0.25, -0.2) is 15.0 Å². The zero-order valence-corrected chi connectivity index (χ0v) is 9.56. The minimum absolute atomic E-state index is 0.481. The van der Waals surface area contributed by atoms with E-state index in [1.54, 1.807) is 19.3 Å². The number of rotatable bonds is 3. The van der Waals surface area contributed by atoms with Gasteiger partial charge in [-0.15, -0.1) is 0 Å². The van der Waals surface area contributed by atoms with E-state index in [1.165, 1.54) is 18.1 Å². The molecule has 1 atom stereocenters. The summed E-state index contributed by atoms with van der Waals surface area (Å²) >= 11 is 1.46. The predicted molar refractivity (Wildman–Crippen MR) is 61.0 cm³/mol. The van der Waals surface area contributed by atoms with Crippen molar-refractivity contribution in [1.82, 2.24) is 15.0 Å². The van der Waals surface area contributed by atoms with Crippen LogP contribution in [0.3, 0.4) is 0 Å². The van der Waals surface area contributed by atoms with E-state index in [2.05, 4.69) is 15.0 Å². The summed E-state index contributed by atoms with van der Waals surface area (Å²) < 4.78 is 0. The Bertz CT molecular complexity index is 445. The Morgan fingerprint density at radius 2 is 2.00 bits per heavy atom. The highest BCUT2D eigenvalue weighted by molar-refractivity contribution is 7.99. The maximum Gasteiger partial charge on any atom is 0.116 e. The third-order valence-electron chi connectivity index (χ3n) is 2.01. The van der Waals surface area contributed by atoms with Crippen LogP contribution in [0, 0.1) is 0 Å². The van der Waals surface area contributed by atoms with Gasteiger partial charge in [0.1, 0.15) is 16.4 Å². The minimum Gasteiger partial charge on any atom is -0.389 e. The Kier molecular flexibility index (Phi) is 3.48. The molecule has 0 bridgehead atoms. The van der Waals surface area contributed by atoms with Crippen LogP contribution in [0.15, 0.2) is 47.0 Å². The molecule has 5 heteroatoms. The van der Waals surface area contributed by atoms with Gasteiger partial charge >= 0.3 is 0 Å². The summed E-state index contributed by atoms with van der Waals surface area (Å²) in [5, 5.41) is 11.0. The zero-order chi connectivity index (χ0) is 11.4. The standard InChI is InChI=1S/C11H11N3OS/c1-8(15)9-2-3-10(13-6-9)16-11-4-5-12-7-14-11/h2-8,15H,1H3. The molecule has 16 heavy (non-hydrogen) atoms. The normalized spacial score (nSPS) is 12.4. The van der Waals surface area contributed by atoms with Crippen molar-refractivity contribution in [2.24, 2.45) is 0 Å². The van der Waals surface area contributed by atoms with E-state index >= 15 is 0 Å². The molecule has 82 valence electrons. The lowest BCUT2D eigenvalue weighted by Gasteiger charge is -2.04. The average Bonchev–Trinajstić information content (AvgIpc) is 2.31. The molecular weight excluding hydrogens is 222 g/mol. The van der Waals surface area contributed by atoms with Gasteiger partial charge in [-0.3, -0.25) is 0 Å². The molecule has 0 amide bonds. The molecular formula is C11H11N3OS. The van der Waals surface area contributed by atoms with Gasteiger partial charge in [0, 0.05) is 12.4 Å². The summed E-state index contributed by atoms with van der Waals surface area (Å²) in [5.41, 5.74) is 0.812. The van der Waals surface area contributed by atoms with E-state index in [0.29, 0.717) is 0 Å². The maximum atomic E-state index is 9.34. The summed E-state index contributed by atoms with van der Waals surface area (Å²) in [7, 11) is 0. The van der Waals surface area contributed by atoms with Crippen molar-refractivity contribution in [3.8, 4) is 0 Å². The quantitative estimate of drug-likeness (QED) is 0.822. The van der Waals surface area contributed by atoms with Crippen molar-refractivity contribution < 1.29 is 5.11 Å². The van der Waals surface area contributed by atoms with Gasteiger partial charge in [-0.2, -0.15) is 0 Å². The lowest BCUT2D eigenvalue weighted by molar-refractivity contribution is 0.198. The number of hydrogen-bond donors (Lipinski definition) is 1. The molecule has 2 aromatic heterocycles. The predicted octanol–water partition coefficient (Wildman–Crippen LogP) is 2.08. The van der Waals surface area contributed by atoms with Crippen molar-refractivity contribution in [3.05, 3.63) is 42.5 Å². The second-order valence-electron chi connectivity index (χ2n) is 3.26. The summed E-state index contributed by atoms with van der Waals surface area (Å²) in [6, 6.07) is 5.56. The number of nitrogens with zero attached hydrogens (tertiary/aromatic N) is 3. The molecule has 2 heterocycles. The Morgan fingerprint density at radius 3 is 2.56 bits per heavy atom. The first-order chi connectivity index (χ1) is 7.75. The highest BCUT2D eigenvalue weighted by Gasteiger charge is 2.03. The van der Waals surface area contributed by atoms with Gasteiger partial charge in [-0.05, 0) is 36.4 Å². The van der Waals surface area contributed by atoms with Crippen LogP contribution in [0.25, 0.3) is 0 Å². The molecule has 0 aliphatic rings. The van der Waals surface area contributed by atoms with E-state index in [4.69, 9.17) is 0 Å². The van der Waals surface area contributed by atoms with Crippen LogP contribution in [0.4, 0.5) is 0 Å². The van der Waals surface area contributed by atoms with E-state index < -0.39 is 6.10 Å². The fourth-order valence-corrected chi connectivity index (χ4v) is 1.83. The number of aliphatic hydroxyl groups is 1. The van der Waals surface area contributed by atoms with Crippen molar-refractivity contribution in [3.63, 3.8) is 0 Å². The molecule has 0 radical (unpaired) electrons. The van der Waals surface area contributed by atoms with Crippen LogP contribution >= 0.6 is 11.8 Å². The average molecular weight is 233 g/mol. The topological polar surface area (TPSA) is 58.9 Å². The minimum atomic E-state index is -0.481. The third kappa shape index (κ3) is 2.77. The first kappa shape index (κ1) is 11.0. The van der Waals surface area contributed by atoms with E-state index in [1.807, 2.05) is 18.2 Å². The van der Waals surface area contributed by atoms with Crippen LogP contribution in [0.1, 0.15) is 18.6 Å². The molecule has 4 nitrogen and oxygen atoms in total. The molecule has 2 aromatic rings. The summed E-state index contributed by atoms with van der Waals surface area (Å²) in [5.74, 6) is 0. The lowest BCUT2D eigenvalue weighted by atomic mass is 10.2. The van der Waals surface area contributed by atoms with E-state index in [9.17, 15) is 5.11 Å². The highest BCUT2D eigenvalue weighted by atomic mass is 32.2. The lowest BCUT2D eigenvalue weighted by Crippen LogP contribution is -1.92. The Labute approximate surface area is 97.8 Å². The smallest absolute Gasteiger partial charge is 0.116 e. The fourth-order valence-electron chi connectivity index (χ4n) is 1.15. The largest absolute Gasteiger partial charge is 0.389 e. The van der Waals surface area contributed by atoms with Gasteiger partial charge in [0.05, 0.1) is 6.10 Å². The monoisotopic (exact) mass is 233 g/mol. The highest BCUT2D eigenvalue weighted by Crippen LogP contribution is 2.24. The van der Waals surface area contributed by atoms with Crippen LogP contribution < -0.4 is 0 Å². The number of pyridine rings is 1. The third-order valence-corrected chi connectivity index (χ3v) is 2.91. The summed E-state index contributed by atoms with van der Waals surface area (Å²) in [6.45, 7) is 1.72. The van der Waals surface area contributed by atoms with Crippen molar-refractivity contribution >= 4 is 11.8 Å². The molecule has 2 rings (SSSR count). The SMILES string of the molecule is CC(O)c1ccc(Sc2ccncn2)nc1. The molecule has 0 saturated heterocycles. The van der Waals surface area contributed by atoms with Crippen LogP contribution in [-0.2, 0) is 0 Å². The summed E-state index contributed by atoms with van der Waals surface area (Å²) in [4.78, 5) is 12.2. The number of aromatic nitrogens is 3. The van der Waals surface area contributed by atoms with Gasteiger partial charge in [0.25, 0.3) is 0 Å². The van der Waals surface area contributed by atoms with Crippen LogP contribution in [0.5, 0.6) is 0 Å². The fraction of sp³-hybridized carbons (Fsp3) is 0.182. The van der Waals surface area contributed by atoms with Gasteiger partial charge in [0.2, 0.25) is 0 Å². The first-order valence-electron chi connectivity index (χ1n) is 4.83. The molecule has 1 N–H and O–H groups in total. The number of aliphatic hydroxyl groups excluding tert-OH is 1. The second kappa shape index (κ2) is 5.05. The van der Waals surface area contributed by atoms with Crippen molar-refractivity contribution in [2.45, 2.75) is 23.1 Å². The molecule has 0 aliphatic carbocycles. The van der Waals surface area contributed by atoms with Crippen LogP contribution in [0.2, 0.25) is 0 Å². The second-order valence-corrected chi connectivity index (χ2v) is 4.30. The van der Waals surface area contributed by atoms with Crippen molar-refractivity contribution in [1.29, 1.82) is 0 Å². The zero-order valence-electron chi connectivity index (χ0n) is 8.74. The Balaban J connectivity index is 2.11. The molecule has 0 spiro atoms. The molecule has 1 unspecified atom stereocenters. The first-order valence-corrected chi connectivity index (χ1v) is 5.65. The molecule has 0 fully saturated rings. The van der Waals surface area contributed by atoms with Gasteiger partial charge in [-0.1, -0.05) is 6.07 Å². The van der Waals surface area contributed by atoms with Crippen molar-refractivity contribution in [2.75, 3.05) is 0 Å². The number of hydrogen-bond acceptors (Lipinski definition) is 5. The van der Waals surface area contributed by atoms with Crippen LogP contribution in [-0.4, -0.2) is 20.1 Å². The summed E-state index contributed by atoms with van der Waals surface area (Å²) in [6.07, 6.45) is 4.39. The van der Waals surface area contributed by atoms with E-state index in [0.717, 1.165) is 15.6 Å². The Morgan fingerprint density at radius 1 is 1.19 bits per heavy atom. The van der Waals surface area contributed by atoms with Gasteiger partial charge in [0.15, 0.2) is 0 Å². The molecule has 0 aliphatic heterocycles. The maximum absolute atomic E-state index is 9.34. The molecule has 0 saturated carbocycles. The van der Waals surface area contributed by atoms with Gasteiger partial charge < -0.3 is 5.11 Å². The molecule has 0 aromatic carbocycles.